The quantitative estimate of drug-likeness (QED) is 0.857. The van der Waals surface area contributed by atoms with Crippen molar-refractivity contribution < 1.29 is 17.7 Å². The van der Waals surface area contributed by atoms with E-state index >= 15 is 0 Å². The fourth-order valence-corrected chi connectivity index (χ4v) is 4.33. The van der Waals surface area contributed by atoms with Gasteiger partial charge in [0, 0.05) is 11.5 Å². The number of nitrogens with zero attached hydrogens (tertiary/aromatic N) is 2. The molecule has 1 aromatic carbocycles. The van der Waals surface area contributed by atoms with Crippen molar-refractivity contribution in [3.8, 4) is 17.1 Å². The molecular formula is C18H25N3O4S. The number of sulfonamides is 1. The standard InChI is InChI=1S/C18H25N3O4S/c1-18(2,3)17-19-16(20-25-17)14-11-13(9-10-15(14)24-4)26(22,23)21-12-7-5-6-8-12/h9-12,21H,5-8H2,1-4H3. The number of hydrogen-bond donors (Lipinski definition) is 1. The summed E-state index contributed by atoms with van der Waals surface area (Å²) in [6, 6.07) is 4.69. The molecule has 1 aliphatic rings. The van der Waals surface area contributed by atoms with Gasteiger partial charge < -0.3 is 9.26 Å². The van der Waals surface area contributed by atoms with Gasteiger partial charge >= 0.3 is 0 Å². The van der Waals surface area contributed by atoms with Crippen molar-refractivity contribution in [3.63, 3.8) is 0 Å². The molecule has 0 atom stereocenters. The first-order valence-corrected chi connectivity index (χ1v) is 10.2. The second kappa shape index (κ2) is 7.00. The average Bonchev–Trinajstić information content (AvgIpc) is 3.24. The molecule has 1 fully saturated rings. The lowest BCUT2D eigenvalue weighted by molar-refractivity contribution is 0.321. The smallest absolute Gasteiger partial charge is 0.240 e. The monoisotopic (exact) mass is 379 g/mol. The van der Waals surface area contributed by atoms with Gasteiger partial charge in [-0.25, -0.2) is 13.1 Å². The summed E-state index contributed by atoms with van der Waals surface area (Å²) in [7, 11) is -2.09. The number of aromatic nitrogens is 2. The Bertz CT molecular complexity index is 878. The van der Waals surface area contributed by atoms with Crippen molar-refractivity contribution in [3.05, 3.63) is 24.1 Å². The SMILES string of the molecule is COc1ccc(S(=O)(=O)NC2CCCC2)cc1-c1noc(C(C)(C)C)n1. The van der Waals surface area contributed by atoms with Gasteiger partial charge in [0.05, 0.1) is 17.6 Å². The van der Waals surface area contributed by atoms with Gasteiger partial charge in [-0.1, -0.05) is 38.8 Å². The largest absolute Gasteiger partial charge is 0.496 e. The second-order valence-electron chi connectivity index (χ2n) is 7.64. The van der Waals surface area contributed by atoms with Gasteiger partial charge in [-0.15, -0.1) is 0 Å². The van der Waals surface area contributed by atoms with Crippen LogP contribution in [0.15, 0.2) is 27.6 Å². The highest BCUT2D eigenvalue weighted by Crippen LogP contribution is 2.32. The summed E-state index contributed by atoms with van der Waals surface area (Å²) >= 11 is 0. The third-order valence-corrected chi connectivity index (χ3v) is 5.98. The number of hydrogen-bond acceptors (Lipinski definition) is 6. The van der Waals surface area contributed by atoms with E-state index in [1.165, 1.54) is 19.2 Å². The Morgan fingerprint density at radius 1 is 1.23 bits per heavy atom. The minimum absolute atomic E-state index is 0.00298. The van der Waals surface area contributed by atoms with Crippen LogP contribution in [0.4, 0.5) is 0 Å². The highest BCUT2D eigenvalue weighted by atomic mass is 32.2. The molecular weight excluding hydrogens is 354 g/mol. The van der Waals surface area contributed by atoms with E-state index < -0.39 is 10.0 Å². The molecule has 1 N–H and O–H groups in total. The molecule has 0 aliphatic heterocycles. The van der Waals surface area contributed by atoms with Crippen molar-refractivity contribution in [2.24, 2.45) is 0 Å². The molecule has 1 aliphatic carbocycles. The van der Waals surface area contributed by atoms with Crippen LogP contribution >= 0.6 is 0 Å². The average molecular weight is 379 g/mol. The van der Waals surface area contributed by atoms with Crippen LogP contribution in [0.1, 0.15) is 52.3 Å². The van der Waals surface area contributed by atoms with Crippen molar-refractivity contribution in [1.29, 1.82) is 0 Å². The fourth-order valence-electron chi connectivity index (χ4n) is 3.00. The van der Waals surface area contributed by atoms with E-state index in [0.717, 1.165) is 25.7 Å². The minimum atomic E-state index is -3.61. The van der Waals surface area contributed by atoms with Gasteiger partial charge in [-0.2, -0.15) is 4.98 Å². The van der Waals surface area contributed by atoms with E-state index in [-0.39, 0.29) is 16.4 Å². The van der Waals surface area contributed by atoms with Gasteiger partial charge in [0.2, 0.25) is 21.7 Å². The topological polar surface area (TPSA) is 94.3 Å². The Hall–Kier alpha value is -1.93. The zero-order valence-electron chi connectivity index (χ0n) is 15.6. The van der Waals surface area contributed by atoms with E-state index in [1.54, 1.807) is 6.07 Å². The highest BCUT2D eigenvalue weighted by molar-refractivity contribution is 7.89. The van der Waals surface area contributed by atoms with Gasteiger partial charge in [0.1, 0.15) is 5.75 Å². The van der Waals surface area contributed by atoms with Crippen LogP contribution in [0.25, 0.3) is 11.4 Å². The third-order valence-electron chi connectivity index (χ3n) is 4.47. The minimum Gasteiger partial charge on any atom is -0.496 e. The second-order valence-corrected chi connectivity index (χ2v) is 9.35. The summed E-state index contributed by atoms with van der Waals surface area (Å²) in [5, 5.41) is 4.01. The number of rotatable bonds is 5. The molecule has 0 radical (unpaired) electrons. The molecule has 26 heavy (non-hydrogen) atoms. The zero-order valence-corrected chi connectivity index (χ0v) is 16.4. The van der Waals surface area contributed by atoms with E-state index in [0.29, 0.717) is 23.0 Å². The number of benzene rings is 1. The molecule has 7 nitrogen and oxygen atoms in total. The molecule has 0 unspecified atom stereocenters. The molecule has 0 bridgehead atoms. The number of methoxy groups -OCH3 is 1. The molecule has 0 amide bonds. The molecule has 0 spiro atoms. The summed E-state index contributed by atoms with van der Waals surface area (Å²) in [4.78, 5) is 4.58. The van der Waals surface area contributed by atoms with Gasteiger partial charge in [0.15, 0.2) is 0 Å². The predicted octanol–water partition coefficient (Wildman–Crippen LogP) is 3.26. The van der Waals surface area contributed by atoms with Gasteiger partial charge in [-0.05, 0) is 31.0 Å². The Morgan fingerprint density at radius 2 is 1.92 bits per heavy atom. The maximum absolute atomic E-state index is 12.7. The van der Waals surface area contributed by atoms with Crippen LogP contribution < -0.4 is 9.46 Å². The Kier molecular flexibility index (Phi) is 5.07. The Labute approximate surface area is 154 Å². The molecule has 2 aromatic rings. The summed E-state index contributed by atoms with van der Waals surface area (Å²) in [5.41, 5.74) is 0.188. The van der Waals surface area contributed by atoms with Crippen molar-refractivity contribution in [2.45, 2.75) is 62.8 Å². The summed E-state index contributed by atoms with van der Waals surface area (Å²) in [5.74, 6) is 1.28. The Morgan fingerprint density at radius 3 is 2.50 bits per heavy atom. The summed E-state index contributed by atoms with van der Waals surface area (Å²) in [6.07, 6.45) is 3.86. The molecule has 1 saturated carbocycles. The van der Waals surface area contributed by atoms with E-state index in [1.807, 2.05) is 20.8 Å². The molecule has 8 heteroatoms. The van der Waals surface area contributed by atoms with E-state index in [4.69, 9.17) is 9.26 Å². The van der Waals surface area contributed by atoms with Crippen LogP contribution in [0.3, 0.4) is 0 Å². The lowest BCUT2D eigenvalue weighted by Gasteiger charge is -2.14. The van der Waals surface area contributed by atoms with Crippen molar-refractivity contribution >= 4 is 10.0 Å². The van der Waals surface area contributed by atoms with Crippen LogP contribution in [0.5, 0.6) is 5.75 Å². The number of nitrogens with one attached hydrogen (secondary N) is 1. The van der Waals surface area contributed by atoms with Crippen LogP contribution in [0, 0.1) is 0 Å². The van der Waals surface area contributed by atoms with Crippen LogP contribution in [-0.2, 0) is 15.4 Å². The van der Waals surface area contributed by atoms with Crippen molar-refractivity contribution in [1.82, 2.24) is 14.9 Å². The first kappa shape index (κ1) is 18.8. The molecule has 142 valence electrons. The van der Waals surface area contributed by atoms with Gasteiger partial charge in [0.25, 0.3) is 0 Å². The van der Waals surface area contributed by atoms with E-state index in [9.17, 15) is 8.42 Å². The van der Waals surface area contributed by atoms with Crippen LogP contribution in [-0.4, -0.2) is 31.7 Å². The molecule has 3 rings (SSSR count). The summed E-state index contributed by atoms with van der Waals surface area (Å²) < 4.78 is 38.9. The number of ether oxygens (including phenoxy) is 1. The first-order valence-electron chi connectivity index (χ1n) is 8.75. The molecule has 1 aromatic heterocycles. The maximum atomic E-state index is 12.7. The van der Waals surface area contributed by atoms with Crippen LogP contribution in [0.2, 0.25) is 0 Å². The lowest BCUT2D eigenvalue weighted by Crippen LogP contribution is -2.32. The lowest BCUT2D eigenvalue weighted by atomic mass is 9.97. The summed E-state index contributed by atoms with van der Waals surface area (Å²) in [6.45, 7) is 5.90. The third kappa shape index (κ3) is 3.91. The predicted molar refractivity (Wildman–Crippen MR) is 97.6 cm³/mol. The highest BCUT2D eigenvalue weighted by Gasteiger charge is 2.26. The van der Waals surface area contributed by atoms with Crippen molar-refractivity contribution in [2.75, 3.05) is 7.11 Å². The first-order chi connectivity index (χ1) is 12.2. The van der Waals surface area contributed by atoms with Gasteiger partial charge in [-0.3, -0.25) is 0 Å². The van der Waals surface area contributed by atoms with E-state index in [2.05, 4.69) is 14.9 Å². The molecule has 1 heterocycles. The maximum Gasteiger partial charge on any atom is 0.240 e. The zero-order chi connectivity index (χ0) is 18.9. The normalized spacial score (nSPS) is 16.2. The fraction of sp³-hybridized carbons (Fsp3) is 0.556. The Balaban J connectivity index is 1.97. The molecule has 0 saturated heterocycles.